The second-order valence-corrected chi connectivity index (χ2v) is 6.93. The van der Waals surface area contributed by atoms with Gasteiger partial charge in [0.15, 0.2) is 0 Å². The van der Waals surface area contributed by atoms with Gasteiger partial charge in [0.1, 0.15) is 5.82 Å². The molecule has 0 aliphatic rings. The third-order valence-corrected chi connectivity index (χ3v) is 4.60. The van der Waals surface area contributed by atoms with Crippen molar-refractivity contribution in [1.82, 2.24) is 9.88 Å². The smallest absolute Gasteiger partial charge is 0.123 e. The summed E-state index contributed by atoms with van der Waals surface area (Å²) in [5.41, 5.74) is 4.70. The van der Waals surface area contributed by atoms with Crippen molar-refractivity contribution in [2.75, 3.05) is 25.5 Å². The second kappa shape index (κ2) is 9.28. The van der Waals surface area contributed by atoms with E-state index in [1.54, 1.807) is 0 Å². The summed E-state index contributed by atoms with van der Waals surface area (Å²) in [7, 11) is 4.13. The number of hydrogen-bond acceptors (Lipinski definition) is 3. The van der Waals surface area contributed by atoms with Crippen LogP contribution in [0.25, 0.3) is 0 Å². The molecule has 0 atom stereocenters. The van der Waals surface area contributed by atoms with E-state index in [1.165, 1.54) is 23.4 Å². The Labute approximate surface area is 161 Å². The average molecular weight is 363 g/mol. The zero-order valence-corrected chi connectivity index (χ0v) is 16.0. The SMILES string of the molecule is CN(C)c1ccccc1CN(CCc1ccccn1)Cc1ccc(F)cc1. The summed E-state index contributed by atoms with van der Waals surface area (Å²) in [6.07, 6.45) is 2.72. The van der Waals surface area contributed by atoms with Gasteiger partial charge in [0, 0.05) is 57.7 Å². The molecule has 0 fully saturated rings. The van der Waals surface area contributed by atoms with Crippen LogP contribution in [-0.4, -0.2) is 30.5 Å². The molecule has 27 heavy (non-hydrogen) atoms. The minimum Gasteiger partial charge on any atom is -0.377 e. The van der Waals surface area contributed by atoms with Gasteiger partial charge in [-0.2, -0.15) is 0 Å². The van der Waals surface area contributed by atoms with Crippen LogP contribution >= 0.6 is 0 Å². The summed E-state index contributed by atoms with van der Waals surface area (Å²) >= 11 is 0. The third-order valence-electron chi connectivity index (χ3n) is 4.60. The molecule has 4 heteroatoms. The maximum atomic E-state index is 13.3. The molecule has 140 valence electrons. The Hall–Kier alpha value is -2.72. The summed E-state index contributed by atoms with van der Waals surface area (Å²) in [5, 5.41) is 0. The predicted octanol–water partition coefficient (Wildman–Crippen LogP) is 4.53. The van der Waals surface area contributed by atoms with Gasteiger partial charge < -0.3 is 4.90 Å². The van der Waals surface area contributed by atoms with Gasteiger partial charge in [0.05, 0.1) is 0 Å². The standard InChI is InChI=1S/C23H26FN3/c1-26(2)23-9-4-3-7-20(23)18-27(16-14-22-8-5-6-15-25-22)17-19-10-12-21(24)13-11-19/h3-13,15H,14,16-18H2,1-2H3. The molecule has 1 heterocycles. The van der Waals surface area contributed by atoms with E-state index in [9.17, 15) is 4.39 Å². The fraction of sp³-hybridized carbons (Fsp3) is 0.261. The molecular formula is C23H26FN3. The zero-order chi connectivity index (χ0) is 19.1. The van der Waals surface area contributed by atoms with Crippen LogP contribution in [0.15, 0.2) is 72.9 Å². The summed E-state index contributed by atoms with van der Waals surface area (Å²) in [4.78, 5) is 8.97. The van der Waals surface area contributed by atoms with Crippen molar-refractivity contribution < 1.29 is 4.39 Å². The summed E-state index contributed by atoms with van der Waals surface area (Å²) in [6, 6.07) is 21.3. The lowest BCUT2D eigenvalue weighted by atomic mass is 10.1. The topological polar surface area (TPSA) is 19.4 Å². The fourth-order valence-corrected chi connectivity index (χ4v) is 3.20. The van der Waals surface area contributed by atoms with Gasteiger partial charge in [-0.05, 0) is 41.5 Å². The molecular weight excluding hydrogens is 337 g/mol. The first kappa shape index (κ1) is 19.1. The van der Waals surface area contributed by atoms with E-state index in [0.717, 1.165) is 37.3 Å². The van der Waals surface area contributed by atoms with Crippen molar-refractivity contribution in [1.29, 1.82) is 0 Å². The highest BCUT2D eigenvalue weighted by molar-refractivity contribution is 5.52. The first-order valence-corrected chi connectivity index (χ1v) is 9.24. The van der Waals surface area contributed by atoms with Gasteiger partial charge in [-0.25, -0.2) is 4.39 Å². The predicted molar refractivity (Wildman–Crippen MR) is 109 cm³/mol. The molecule has 0 aliphatic heterocycles. The Morgan fingerprint density at radius 2 is 1.59 bits per heavy atom. The van der Waals surface area contributed by atoms with Crippen LogP contribution in [0.1, 0.15) is 16.8 Å². The Kier molecular flexibility index (Phi) is 6.55. The van der Waals surface area contributed by atoms with Gasteiger partial charge in [-0.3, -0.25) is 9.88 Å². The minimum absolute atomic E-state index is 0.197. The van der Waals surface area contributed by atoms with Crippen LogP contribution in [-0.2, 0) is 19.5 Å². The number of pyridine rings is 1. The number of rotatable bonds is 8. The number of benzene rings is 2. The number of nitrogens with zero attached hydrogens (tertiary/aromatic N) is 3. The van der Waals surface area contributed by atoms with Gasteiger partial charge >= 0.3 is 0 Å². The van der Waals surface area contributed by atoms with E-state index in [4.69, 9.17) is 0 Å². The van der Waals surface area contributed by atoms with E-state index in [2.05, 4.69) is 59.2 Å². The third kappa shape index (κ3) is 5.63. The fourth-order valence-electron chi connectivity index (χ4n) is 3.20. The van der Waals surface area contributed by atoms with Crippen molar-refractivity contribution in [2.24, 2.45) is 0 Å². The highest BCUT2D eigenvalue weighted by Gasteiger charge is 2.12. The molecule has 1 aromatic heterocycles. The zero-order valence-electron chi connectivity index (χ0n) is 16.0. The maximum absolute atomic E-state index is 13.3. The van der Waals surface area contributed by atoms with E-state index >= 15 is 0 Å². The Morgan fingerprint density at radius 3 is 2.30 bits per heavy atom. The molecule has 0 aliphatic carbocycles. The van der Waals surface area contributed by atoms with Gasteiger partial charge in [-0.1, -0.05) is 36.4 Å². The molecule has 0 spiro atoms. The van der Waals surface area contributed by atoms with E-state index < -0.39 is 0 Å². The summed E-state index contributed by atoms with van der Waals surface area (Å²) in [6.45, 7) is 2.49. The van der Waals surface area contributed by atoms with Crippen LogP contribution in [0.3, 0.4) is 0 Å². The van der Waals surface area contributed by atoms with Gasteiger partial charge in [-0.15, -0.1) is 0 Å². The highest BCUT2D eigenvalue weighted by atomic mass is 19.1. The number of para-hydroxylation sites is 1. The largest absolute Gasteiger partial charge is 0.377 e. The Morgan fingerprint density at radius 1 is 0.852 bits per heavy atom. The Bertz CT molecular complexity index is 832. The van der Waals surface area contributed by atoms with Crippen LogP contribution in [0.5, 0.6) is 0 Å². The average Bonchev–Trinajstić information content (AvgIpc) is 2.69. The second-order valence-electron chi connectivity index (χ2n) is 6.93. The molecule has 0 N–H and O–H groups in total. The van der Waals surface area contributed by atoms with Crippen LogP contribution in [0, 0.1) is 5.82 Å². The molecule has 3 nitrogen and oxygen atoms in total. The van der Waals surface area contributed by atoms with Gasteiger partial charge in [0.2, 0.25) is 0 Å². The van der Waals surface area contributed by atoms with Gasteiger partial charge in [0.25, 0.3) is 0 Å². The number of hydrogen-bond donors (Lipinski definition) is 0. The maximum Gasteiger partial charge on any atom is 0.123 e. The lowest BCUT2D eigenvalue weighted by molar-refractivity contribution is 0.259. The molecule has 0 bridgehead atoms. The van der Waals surface area contributed by atoms with Crippen LogP contribution < -0.4 is 4.90 Å². The van der Waals surface area contributed by atoms with Crippen molar-refractivity contribution in [3.8, 4) is 0 Å². The lowest BCUT2D eigenvalue weighted by Gasteiger charge is -2.25. The summed E-state index contributed by atoms with van der Waals surface area (Å²) in [5.74, 6) is -0.197. The van der Waals surface area contributed by atoms with Crippen molar-refractivity contribution in [3.63, 3.8) is 0 Å². The lowest BCUT2D eigenvalue weighted by Crippen LogP contribution is -2.26. The van der Waals surface area contributed by atoms with Crippen molar-refractivity contribution >= 4 is 5.69 Å². The van der Waals surface area contributed by atoms with Crippen molar-refractivity contribution in [2.45, 2.75) is 19.5 Å². The molecule has 0 saturated carbocycles. The first-order chi connectivity index (χ1) is 13.1. The molecule has 3 aromatic rings. The summed E-state index contributed by atoms with van der Waals surface area (Å²) < 4.78 is 13.3. The van der Waals surface area contributed by atoms with E-state index in [-0.39, 0.29) is 5.82 Å². The van der Waals surface area contributed by atoms with Crippen LogP contribution in [0.2, 0.25) is 0 Å². The molecule has 3 rings (SSSR count). The Balaban J connectivity index is 1.77. The molecule has 0 amide bonds. The molecule has 2 aromatic carbocycles. The number of anilines is 1. The van der Waals surface area contributed by atoms with Crippen LogP contribution in [0.4, 0.5) is 10.1 Å². The van der Waals surface area contributed by atoms with E-state index in [0.29, 0.717) is 0 Å². The molecule has 0 unspecified atom stereocenters. The number of aromatic nitrogens is 1. The van der Waals surface area contributed by atoms with Crippen molar-refractivity contribution in [3.05, 3.63) is 95.6 Å². The molecule has 0 saturated heterocycles. The monoisotopic (exact) mass is 363 g/mol. The van der Waals surface area contributed by atoms with E-state index in [1.807, 2.05) is 30.5 Å². The highest BCUT2D eigenvalue weighted by Crippen LogP contribution is 2.21. The number of halogens is 1. The first-order valence-electron chi connectivity index (χ1n) is 9.24. The molecule has 0 radical (unpaired) electrons. The quantitative estimate of drug-likeness (QED) is 0.586. The minimum atomic E-state index is -0.197. The normalized spacial score (nSPS) is 11.0.